The van der Waals surface area contributed by atoms with Gasteiger partial charge in [-0.1, -0.05) is 29.5 Å². The Kier molecular flexibility index (Phi) is 5.95. The van der Waals surface area contributed by atoms with Crippen molar-refractivity contribution in [3.8, 4) is 22.1 Å². The minimum Gasteiger partial charge on any atom is -0.493 e. The van der Waals surface area contributed by atoms with E-state index in [0.717, 1.165) is 37.7 Å². The summed E-state index contributed by atoms with van der Waals surface area (Å²) in [6.45, 7) is 1.97. The molecular weight excluding hydrogens is 410 g/mol. The van der Waals surface area contributed by atoms with Gasteiger partial charge in [0.1, 0.15) is 15.4 Å². The lowest BCUT2D eigenvalue weighted by Gasteiger charge is -2.10. The summed E-state index contributed by atoms with van der Waals surface area (Å²) in [5.41, 5.74) is 4.38. The van der Waals surface area contributed by atoms with Crippen LogP contribution in [0, 0.1) is 6.92 Å². The molecule has 0 saturated carbocycles. The van der Waals surface area contributed by atoms with Crippen LogP contribution in [0.1, 0.15) is 11.1 Å². The Balaban J connectivity index is 1.53. The molecule has 156 valence electrons. The monoisotopic (exact) mass is 431 g/mol. The van der Waals surface area contributed by atoms with E-state index in [1.165, 1.54) is 17.4 Å². The number of nitrogens with one attached hydrogen (secondary N) is 1. The predicted molar refractivity (Wildman–Crippen MR) is 125 cm³/mol. The fraction of sp³-hybridized carbons (Fsp3) is 0.125. The highest BCUT2D eigenvalue weighted by Gasteiger charge is 2.12. The van der Waals surface area contributed by atoms with Gasteiger partial charge in [0, 0.05) is 23.5 Å². The first kappa shape index (κ1) is 20.6. The van der Waals surface area contributed by atoms with Crippen molar-refractivity contribution in [1.29, 1.82) is 0 Å². The quantitative estimate of drug-likeness (QED) is 0.418. The van der Waals surface area contributed by atoms with Crippen molar-refractivity contribution < 1.29 is 14.3 Å². The highest BCUT2D eigenvalue weighted by molar-refractivity contribution is 7.21. The average molecular weight is 432 g/mol. The van der Waals surface area contributed by atoms with Crippen LogP contribution in [-0.2, 0) is 4.79 Å². The van der Waals surface area contributed by atoms with Gasteiger partial charge in [-0.25, -0.2) is 9.97 Å². The lowest BCUT2D eigenvalue weighted by atomic mass is 10.1. The number of rotatable bonds is 6. The molecule has 0 aliphatic heterocycles. The maximum Gasteiger partial charge on any atom is 0.248 e. The van der Waals surface area contributed by atoms with Crippen LogP contribution in [0.25, 0.3) is 27.0 Å². The summed E-state index contributed by atoms with van der Waals surface area (Å²) < 4.78 is 10.5. The molecule has 31 heavy (non-hydrogen) atoms. The SMILES string of the molecule is COc1ccc(/C=C/C(=O)Nc2cccc(-c3nc4cccnc4s3)c2C)cc1OC. The number of benzene rings is 2. The number of amides is 1. The van der Waals surface area contributed by atoms with Gasteiger partial charge < -0.3 is 14.8 Å². The molecule has 0 unspecified atom stereocenters. The molecule has 0 aliphatic rings. The van der Waals surface area contributed by atoms with E-state index >= 15 is 0 Å². The zero-order chi connectivity index (χ0) is 21.8. The van der Waals surface area contributed by atoms with Crippen LogP contribution in [-0.4, -0.2) is 30.1 Å². The molecule has 1 amide bonds. The fourth-order valence-electron chi connectivity index (χ4n) is 3.19. The number of hydrogen-bond donors (Lipinski definition) is 1. The van der Waals surface area contributed by atoms with Gasteiger partial charge in [0.25, 0.3) is 0 Å². The molecule has 2 aromatic heterocycles. The summed E-state index contributed by atoms with van der Waals surface area (Å²) in [4.78, 5) is 22.5. The second kappa shape index (κ2) is 8.97. The summed E-state index contributed by atoms with van der Waals surface area (Å²) >= 11 is 1.54. The van der Waals surface area contributed by atoms with Crippen LogP contribution < -0.4 is 14.8 Å². The molecule has 0 fully saturated rings. The highest BCUT2D eigenvalue weighted by atomic mass is 32.1. The fourth-order valence-corrected chi connectivity index (χ4v) is 4.18. The number of hydrogen-bond acceptors (Lipinski definition) is 6. The lowest BCUT2D eigenvalue weighted by molar-refractivity contribution is -0.111. The molecular formula is C24H21N3O3S. The Hall–Kier alpha value is -3.71. The zero-order valence-corrected chi connectivity index (χ0v) is 18.2. The Labute approximate surface area is 184 Å². The van der Waals surface area contributed by atoms with E-state index in [1.54, 1.807) is 32.6 Å². The van der Waals surface area contributed by atoms with Crippen molar-refractivity contribution in [1.82, 2.24) is 9.97 Å². The van der Waals surface area contributed by atoms with Gasteiger partial charge >= 0.3 is 0 Å². The van der Waals surface area contributed by atoms with Crippen molar-refractivity contribution in [2.24, 2.45) is 0 Å². The Bertz CT molecular complexity index is 1250. The van der Waals surface area contributed by atoms with E-state index in [-0.39, 0.29) is 5.91 Å². The number of pyridine rings is 1. The van der Waals surface area contributed by atoms with Crippen molar-refractivity contribution in [3.63, 3.8) is 0 Å². The second-order valence-corrected chi connectivity index (χ2v) is 7.74. The van der Waals surface area contributed by atoms with Crippen LogP contribution in [0.2, 0.25) is 0 Å². The molecule has 0 saturated heterocycles. The molecule has 0 bridgehead atoms. The van der Waals surface area contributed by atoms with Crippen molar-refractivity contribution in [2.75, 3.05) is 19.5 Å². The van der Waals surface area contributed by atoms with Crippen LogP contribution in [0.3, 0.4) is 0 Å². The standard InChI is InChI=1S/C24H21N3O3S/c1-15-17(23-27-19-8-5-13-25-24(19)31-23)6-4-7-18(15)26-22(28)12-10-16-9-11-20(29-2)21(14-16)30-3/h4-14H,1-3H3,(H,26,28)/b12-10+. The van der Waals surface area contributed by atoms with E-state index < -0.39 is 0 Å². The number of fused-ring (bicyclic) bond motifs is 1. The van der Waals surface area contributed by atoms with Crippen molar-refractivity contribution in [2.45, 2.75) is 6.92 Å². The molecule has 2 aromatic carbocycles. The largest absolute Gasteiger partial charge is 0.493 e. The third-order valence-electron chi connectivity index (χ3n) is 4.82. The smallest absolute Gasteiger partial charge is 0.248 e. The third-order valence-corrected chi connectivity index (χ3v) is 5.84. The normalized spacial score (nSPS) is 11.1. The van der Waals surface area contributed by atoms with Crippen LogP contribution >= 0.6 is 11.3 Å². The van der Waals surface area contributed by atoms with E-state index in [9.17, 15) is 4.79 Å². The average Bonchev–Trinajstić information content (AvgIpc) is 3.23. The van der Waals surface area contributed by atoms with Crippen LogP contribution in [0.4, 0.5) is 5.69 Å². The van der Waals surface area contributed by atoms with Gasteiger partial charge in [-0.3, -0.25) is 4.79 Å². The summed E-state index contributed by atoms with van der Waals surface area (Å²) in [6, 6.07) is 15.1. The number of carbonyl (C=O) groups excluding carboxylic acids is 1. The number of anilines is 1. The van der Waals surface area contributed by atoms with Gasteiger partial charge in [0.15, 0.2) is 11.5 Å². The van der Waals surface area contributed by atoms with Crippen molar-refractivity contribution in [3.05, 3.63) is 71.9 Å². The van der Waals surface area contributed by atoms with E-state index in [4.69, 9.17) is 9.47 Å². The second-order valence-electron chi connectivity index (χ2n) is 6.76. The molecule has 0 atom stereocenters. The number of methoxy groups -OCH3 is 2. The Morgan fingerprint density at radius 2 is 1.90 bits per heavy atom. The predicted octanol–water partition coefficient (Wildman–Crippen LogP) is 5.34. The van der Waals surface area contributed by atoms with Gasteiger partial charge in [-0.2, -0.15) is 0 Å². The first-order chi connectivity index (χ1) is 15.1. The summed E-state index contributed by atoms with van der Waals surface area (Å²) in [6.07, 6.45) is 4.99. The first-order valence-corrected chi connectivity index (χ1v) is 10.4. The minimum absolute atomic E-state index is 0.221. The highest BCUT2D eigenvalue weighted by Crippen LogP contribution is 2.33. The molecule has 4 aromatic rings. The van der Waals surface area contributed by atoms with Gasteiger partial charge in [-0.15, -0.1) is 0 Å². The zero-order valence-electron chi connectivity index (χ0n) is 17.4. The van der Waals surface area contributed by atoms with Crippen molar-refractivity contribution >= 4 is 39.4 Å². The number of ether oxygens (including phenoxy) is 2. The summed E-state index contributed by atoms with van der Waals surface area (Å²) in [7, 11) is 3.16. The first-order valence-electron chi connectivity index (χ1n) is 9.61. The Morgan fingerprint density at radius 1 is 1.06 bits per heavy atom. The molecule has 0 aliphatic carbocycles. The van der Waals surface area contributed by atoms with Crippen LogP contribution in [0.5, 0.6) is 11.5 Å². The summed E-state index contributed by atoms with van der Waals surface area (Å²) in [5.74, 6) is 1.03. The molecule has 4 rings (SSSR count). The molecule has 7 heteroatoms. The van der Waals surface area contributed by atoms with Gasteiger partial charge in [0.2, 0.25) is 5.91 Å². The number of thiazole rings is 1. The number of carbonyl (C=O) groups is 1. The van der Waals surface area contributed by atoms with Crippen LogP contribution in [0.15, 0.2) is 60.8 Å². The summed E-state index contributed by atoms with van der Waals surface area (Å²) in [5, 5.41) is 3.83. The molecule has 0 radical (unpaired) electrons. The molecule has 6 nitrogen and oxygen atoms in total. The van der Waals surface area contributed by atoms with Gasteiger partial charge in [0.05, 0.1) is 14.2 Å². The molecule has 1 N–H and O–H groups in total. The topological polar surface area (TPSA) is 73.3 Å². The van der Waals surface area contributed by atoms with E-state index in [2.05, 4.69) is 15.3 Å². The maximum atomic E-state index is 12.5. The molecule has 2 heterocycles. The Morgan fingerprint density at radius 3 is 2.68 bits per heavy atom. The molecule has 0 spiro atoms. The number of nitrogens with zero attached hydrogens (tertiary/aromatic N) is 2. The number of aromatic nitrogens is 2. The van der Waals surface area contributed by atoms with E-state index in [0.29, 0.717) is 11.5 Å². The lowest BCUT2D eigenvalue weighted by Crippen LogP contribution is -2.09. The minimum atomic E-state index is -0.221. The van der Waals surface area contributed by atoms with Gasteiger partial charge in [-0.05, 0) is 54.5 Å². The maximum absolute atomic E-state index is 12.5. The third kappa shape index (κ3) is 4.41. The van der Waals surface area contributed by atoms with E-state index in [1.807, 2.05) is 49.4 Å².